The molecule has 1 fully saturated rings. The predicted octanol–water partition coefficient (Wildman–Crippen LogP) is 1.75. The van der Waals surface area contributed by atoms with E-state index in [0.29, 0.717) is 35.5 Å². The highest BCUT2D eigenvalue weighted by Gasteiger charge is 2.29. The fraction of sp³-hybridized carbons (Fsp3) is 0.474. The Kier molecular flexibility index (Phi) is 5.85. The van der Waals surface area contributed by atoms with E-state index in [1.165, 1.54) is 0 Å². The summed E-state index contributed by atoms with van der Waals surface area (Å²) in [5, 5.41) is 10.5. The molecular weight excluding hydrogens is 348 g/mol. The van der Waals surface area contributed by atoms with Gasteiger partial charge in [0.2, 0.25) is 11.7 Å². The molecule has 1 aromatic heterocycles. The standard InChI is InChI=1S/C19H26N4O4/c1-12(14-9-20-10-14)19(24)22-16-7-8-21-23(16)11-13-5-6-15(25-2)18(27-4)17(13)26-3/h5-8,12,14,20H,9-11H2,1-4H3,(H,22,24). The smallest absolute Gasteiger partial charge is 0.228 e. The summed E-state index contributed by atoms with van der Waals surface area (Å²) in [5.41, 5.74) is 0.866. The molecule has 1 atom stereocenters. The van der Waals surface area contributed by atoms with E-state index in [-0.39, 0.29) is 11.8 Å². The highest BCUT2D eigenvalue weighted by Crippen LogP contribution is 2.40. The summed E-state index contributed by atoms with van der Waals surface area (Å²) in [6.07, 6.45) is 1.67. The van der Waals surface area contributed by atoms with Crippen molar-refractivity contribution in [2.45, 2.75) is 13.5 Å². The van der Waals surface area contributed by atoms with E-state index in [9.17, 15) is 4.79 Å². The Bertz CT molecular complexity index is 801. The van der Waals surface area contributed by atoms with Crippen LogP contribution in [0, 0.1) is 11.8 Å². The third-order valence-corrected chi connectivity index (χ3v) is 5.01. The molecule has 1 aliphatic heterocycles. The van der Waals surface area contributed by atoms with Gasteiger partial charge in [-0.25, -0.2) is 4.68 Å². The van der Waals surface area contributed by atoms with Crippen LogP contribution in [-0.4, -0.2) is 50.1 Å². The second kappa shape index (κ2) is 8.30. The van der Waals surface area contributed by atoms with E-state index in [2.05, 4.69) is 15.7 Å². The molecule has 2 aromatic rings. The van der Waals surface area contributed by atoms with Gasteiger partial charge in [0.05, 0.1) is 34.1 Å². The first-order valence-electron chi connectivity index (χ1n) is 8.90. The number of nitrogens with zero attached hydrogens (tertiary/aromatic N) is 2. The minimum absolute atomic E-state index is 0.00234. The monoisotopic (exact) mass is 374 g/mol. The van der Waals surface area contributed by atoms with Crippen LogP contribution in [0.25, 0.3) is 0 Å². The molecule has 3 rings (SSSR count). The van der Waals surface area contributed by atoms with Gasteiger partial charge in [-0.1, -0.05) is 6.92 Å². The second-order valence-corrected chi connectivity index (χ2v) is 6.56. The molecule has 0 saturated carbocycles. The van der Waals surface area contributed by atoms with Crippen LogP contribution >= 0.6 is 0 Å². The Balaban J connectivity index is 1.79. The average Bonchev–Trinajstić information content (AvgIpc) is 3.06. The summed E-state index contributed by atoms with van der Waals surface area (Å²) in [6.45, 7) is 4.15. The Hall–Kier alpha value is -2.74. The van der Waals surface area contributed by atoms with Crippen molar-refractivity contribution in [3.05, 3.63) is 30.0 Å². The summed E-state index contributed by atoms with van der Waals surface area (Å²) in [6, 6.07) is 5.51. The van der Waals surface area contributed by atoms with Gasteiger partial charge in [-0.2, -0.15) is 5.10 Å². The van der Waals surface area contributed by atoms with Gasteiger partial charge >= 0.3 is 0 Å². The minimum Gasteiger partial charge on any atom is -0.493 e. The van der Waals surface area contributed by atoms with Gasteiger partial charge in [-0.3, -0.25) is 4.79 Å². The molecule has 0 bridgehead atoms. The fourth-order valence-corrected chi connectivity index (χ4v) is 3.13. The molecule has 1 unspecified atom stereocenters. The molecule has 1 aliphatic rings. The van der Waals surface area contributed by atoms with Crippen molar-refractivity contribution in [3.63, 3.8) is 0 Å². The number of nitrogens with one attached hydrogen (secondary N) is 2. The fourth-order valence-electron chi connectivity index (χ4n) is 3.13. The van der Waals surface area contributed by atoms with Crippen LogP contribution < -0.4 is 24.8 Å². The summed E-state index contributed by atoms with van der Waals surface area (Å²) in [7, 11) is 4.73. The molecule has 27 heavy (non-hydrogen) atoms. The number of benzene rings is 1. The number of hydrogen-bond acceptors (Lipinski definition) is 6. The maximum atomic E-state index is 12.5. The minimum atomic E-state index is -0.0507. The molecule has 1 amide bonds. The Morgan fingerprint density at radius 1 is 1.22 bits per heavy atom. The number of carbonyl (C=O) groups excluding carboxylic acids is 1. The molecule has 8 heteroatoms. The zero-order chi connectivity index (χ0) is 19.4. The van der Waals surface area contributed by atoms with Crippen molar-refractivity contribution in [1.29, 1.82) is 0 Å². The molecule has 1 aromatic carbocycles. The van der Waals surface area contributed by atoms with Gasteiger partial charge in [0.15, 0.2) is 11.5 Å². The normalized spacial score (nSPS) is 15.0. The summed E-state index contributed by atoms with van der Waals surface area (Å²) in [4.78, 5) is 12.5. The first kappa shape index (κ1) is 19.0. The van der Waals surface area contributed by atoms with Gasteiger partial charge in [-0.15, -0.1) is 0 Å². The third-order valence-electron chi connectivity index (χ3n) is 5.01. The maximum Gasteiger partial charge on any atom is 0.228 e. The second-order valence-electron chi connectivity index (χ2n) is 6.56. The van der Waals surface area contributed by atoms with Gasteiger partial charge in [0, 0.05) is 17.5 Å². The quantitative estimate of drug-likeness (QED) is 0.732. The van der Waals surface area contributed by atoms with Crippen molar-refractivity contribution in [1.82, 2.24) is 15.1 Å². The van der Waals surface area contributed by atoms with Crippen molar-refractivity contribution >= 4 is 11.7 Å². The van der Waals surface area contributed by atoms with Crippen molar-refractivity contribution in [3.8, 4) is 17.2 Å². The number of anilines is 1. The Morgan fingerprint density at radius 2 is 1.96 bits per heavy atom. The highest BCUT2D eigenvalue weighted by atomic mass is 16.5. The molecule has 0 spiro atoms. The van der Waals surface area contributed by atoms with E-state index in [1.54, 1.807) is 38.3 Å². The molecule has 0 radical (unpaired) electrons. The van der Waals surface area contributed by atoms with Crippen LogP contribution in [-0.2, 0) is 11.3 Å². The molecule has 0 aliphatic carbocycles. The maximum absolute atomic E-state index is 12.5. The summed E-state index contributed by atoms with van der Waals surface area (Å²) in [5.74, 6) is 2.69. The van der Waals surface area contributed by atoms with E-state index in [4.69, 9.17) is 14.2 Å². The van der Waals surface area contributed by atoms with E-state index < -0.39 is 0 Å². The van der Waals surface area contributed by atoms with Gasteiger partial charge in [0.25, 0.3) is 0 Å². The number of ether oxygens (including phenoxy) is 3. The number of hydrogen-bond donors (Lipinski definition) is 2. The lowest BCUT2D eigenvalue weighted by Crippen LogP contribution is -2.48. The van der Waals surface area contributed by atoms with Crippen molar-refractivity contribution < 1.29 is 19.0 Å². The lowest BCUT2D eigenvalue weighted by atomic mass is 9.88. The number of amides is 1. The highest BCUT2D eigenvalue weighted by molar-refractivity contribution is 5.91. The van der Waals surface area contributed by atoms with Crippen LogP contribution in [0.15, 0.2) is 24.4 Å². The number of aromatic nitrogens is 2. The lowest BCUT2D eigenvalue weighted by Gasteiger charge is -2.31. The van der Waals surface area contributed by atoms with E-state index in [1.807, 2.05) is 19.1 Å². The summed E-state index contributed by atoms with van der Waals surface area (Å²) >= 11 is 0. The van der Waals surface area contributed by atoms with Crippen LogP contribution in [0.1, 0.15) is 12.5 Å². The van der Waals surface area contributed by atoms with Crippen LogP contribution in [0.5, 0.6) is 17.2 Å². The average molecular weight is 374 g/mol. The Labute approximate surface area is 158 Å². The molecule has 2 heterocycles. The largest absolute Gasteiger partial charge is 0.493 e. The SMILES string of the molecule is COc1ccc(Cn2nccc2NC(=O)C(C)C2CNC2)c(OC)c1OC. The predicted molar refractivity (Wildman–Crippen MR) is 102 cm³/mol. The zero-order valence-corrected chi connectivity index (χ0v) is 16.1. The van der Waals surface area contributed by atoms with Crippen LogP contribution in [0.4, 0.5) is 5.82 Å². The topological polar surface area (TPSA) is 86.6 Å². The number of methoxy groups -OCH3 is 3. The molecule has 8 nitrogen and oxygen atoms in total. The third kappa shape index (κ3) is 3.85. The first-order chi connectivity index (χ1) is 13.1. The molecular formula is C19H26N4O4. The molecule has 146 valence electrons. The summed E-state index contributed by atoms with van der Waals surface area (Å²) < 4.78 is 18.0. The number of carbonyl (C=O) groups is 1. The lowest BCUT2D eigenvalue weighted by molar-refractivity contribution is -0.121. The van der Waals surface area contributed by atoms with Gasteiger partial charge in [0.1, 0.15) is 5.82 Å². The van der Waals surface area contributed by atoms with Gasteiger partial charge < -0.3 is 24.8 Å². The molecule has 1 saturated heterocycles. The number of rotatable bonds is 8. The van der Waals surface area contributed by atoms with Crippen LogP contribution in [0.2, 0.25) is 0 Å². The zero-order valence-electron chi connectivity index (χ0n) is 16.1. The van der Waals surface area contributed by atoms with E-state index in [0.717, 1.165) is 18.7 Å². The Morgan fingerprint density at radius 3 is 2.56 bits per heavy atom. The van der Waals surface area contributed by atoms with Crippen molar-refractivity contribution in [2.75, 3.05) is 39.7 Å². The van der Waals surface area contributed by atoms with Gasteiger partial charge in [-0.05, 0) is 31.1 Å². The van der Waals surface area contributed by atoms with E-state index >= 15 is 0 Å². The van der Waals surface area contributed by atoms with Crippen LogP contribution in [0.3, 0.4) is 0 Å². The van der Waals surface area contributed by atoms with Crippen molar-refractivity contribution in [2.24, 2.45) is 11.8 Å². The first-order valence-corrected chi connectivity index (χ1v) is 8.90. The molecule has 2 N–H and O–H groups in total.